The van der Waals surface area contributed by atoms with E-state index in [9.17, 15) is 4.79 Å². The molecule has 0 unspecified atom stereocenters. The minimum atomic E-state index is -0.198. The summed E-state index contributed by atoms with van der Waals surface area (Å²) in [6, 6.07) is 11.8. The number of benzene rings is 2. The summed E-state index contributed by atoms with van der Waals surface area (Å²) >= 11 is 2.56. The van der Waals surface area contributed by atoms with Gasteiger partial charge in [0.25, 0.3) is 11.1 Å². The molecule has 2 heterocycles. The van der Waals surface area contributed by atoms with Crippen LogP contribution in [0.3, 0.4) is 0 Å². The molecule has 5 rings (SSSR count). The first kappa shape index (κ1) is 21.7. The number of nitrogens with one attached hydrogen (secondary N) is 1. The fourth-order valence-electron chi connectivity index (χ4n) is 3.67. The quantitative estimate of drug-likeness (QED) is 0.355. The van der Waals surface area contributed by atoms with E-state index in [4.69, 9.17) is 13.9 Å². The summed E-state index contributed by atoms with van der Waals surface area (Å²) in [5.41, 5.74) is 3.58. The number of carbonyl (C=O) groups is 1. The summed E-state index contributed by atoms with van der Waals surface area (Å²) in [6.45, 7) is 0.188. The Morgan fingerprint density at radius 1 is 1.12 bits per heavy atom. The zero-order chi connectivity index (χ0) is 22.6. The molecule has 10 heteroatoms. The number of anilines is 1. The third-order valence-electron chi connectivity index (χ3n) is 5.30. The predicted molar refractivity (Wildman–Crippen MR) is 127 cm³/mol. The van der Waals surface area contributed by atoms with Crippen LogP contribution in [0.1, 0.15) is 29.9 Å². The number of carbonyl (C=O) groups excluding carboxylic acids is 1. The third kappa shape index (κ3) is 5.28. The Labute approximate surface area is 198 Å². The van der Waals surface area contributed by atoms with Crippen LogP contribution in [0, 0.1) is 0 Å². The minimum Gasteiger partial charge on any atom is -0.497 e. The molecule has 2 aromatic carbocycles. The minimum absolute atomic E-state index is 0.132. The van der Waals surface area contributed by atoms with E-state index < -0.39 is 0 Å². The molecule has 0 spiro atoms. The lowest BCUT2D eigenvalue weighted by molar-refractivity contribution is -0.113. The molecule has 0 atom stereocenters. The van der Waals surface area contributed by atoms with Crippen LogP contribution in [-0.4, -0.2) is 34.0 Å². The highest BCUT2D eigenvalue weighted by Gasteiger charge is 2.14. The Hall–Kier alpha value is -3.11. The number of aryl methyl sites for hydroxylation is 2. The van der Waals surface area contributed by atoms with E-state index in [1.54, 1.807) is 7.11 Å². The van der Waals surface area contributed by atoms with Crippen LogP contribution in [-0.2, 0) is 24.2 Å². The van der Waals surface area contributed by atoms with E-state index in [2.05, 4.69) is 32.6 Å². The molecule has 8 nitrogen and oxygen atoms in total. The Kier molecular flexibility index (Phi) is 6.45. The number of thioether (sulfide) groups is 1. The van der Waals surface area contributed by atoms with E-state index in [0.29, 0.717) is 16.2 Å². The van der Waals surface area contributed by atoms with Crippen LogP contribution in [0.15, 0.2) is 46.0 Å². The SMILES string of the molecule is COc1ccc2nc(NC(=O)CSc3nnc(COc4ccc5c(c4)CCCC5)o3)sc2c1. The van der Waals surface area contributed by atoms with Crippen LogP contribution < -0.4 is 14.8 Å². The first-order valence-corrected chi connectivity index (χ1v) is 12.4. The highest BCUT2D eigenvalue weighted by atomic mass is 32.2. The Bertz CT molecular complexity index is 1290. The van der Waals surface area contributed by atoms with Gasteiger partial charge in [0, 0.05) is 0 Å². The molecule has 0 saturated heterocycles. The fourth-order valence-corrected chi connectivity index (χ4v) is 5.16. The monoisotopic (exact) mass is 482 g/mol. The summed E-state index contributed by atoms with van der Waals surface area (Å²) in [5.74, 6) is 1.86. The van der Waals surface area contributed by atoms with Crippen molar-refractivity contribution >= 4 is 44.4 Å². The summed E-state index contributed by atoms with van der Waals surface area (Å²) in [6.07, 6.45) is 4.72. The van der Waals surface area contributed by atoms with Gasteiger partial charge in [-0.2, -0.15) is 0 Å². The Morgan fingerprint density at radius 3 is 2.85 bits per heavy atom. The number of thiazole rings is 1. The fraction of sp³-hybridized carbons (Fsp3) is 0.304. The lowest BCUT2D eigenvalue weighted by Crippen LogP contribution is -2.13. The Morgan fingerprint density at radius 2 is 1.97 bits per heavy atom. The number of methoxy groups -OCH3 is 1. The number of hydrogen-bond donors (Lipinski definition) is 1. The van der Waals surface area contributed by atoms with Gasteiger partial charge in [-0.3, -0.25) is 4.79 Å². The van der Waals surface area contributed by atoms with Crippen molar-refractivity contribution in [3.8, 4) is 11.5 Å². The highest BCUT2D eigenvalue weighted by molar-refractivity contribution is 7.99. The van der Waals surface area contributed by atoms with Gasteiger partial charge in [0.15, 0.2) is 11.7 Å². The third-order valence-corrected chi connectivity index (χ3v) is 7.05. The number of amides is 1. The van der Waals surface area contributed by atoms with E-state index in [0.717, 1.165) is 34.6 Å². The van der Waals surface area contributed by atoms with Crippen molar-refractivity contribution in [2.24, 2.45) is 0 Å². The molecule has 0 fully saturated rings. The van der Waals surface area contributed by atoms with Gasteiger partial charge in [0.2, 0.25) is 5.91 Å². The number of fused-ring (bicyclic) bond motifs is 2. The lowest BCUT2D eigenvalue weighted by atomic mass is 9.92. The van der Waals surface area contributed by atoms with Crippen molar-refractivity contribution in [1.29, 1.82) is 0 Å². The Balaban J connectivity index is 1.11. The van der Waals surface area contributed by atoms with Gasteiger partial charge in [-0.15, -0.1) is 10.2 Å². The van der Waals surface area contributed by atoms with Gasteiger partial charge < -0.3 is 19.2 Å². The van der Waals surface area contributed by atoms with Crippen LogP contribution in [0.2, 0.25) is 0 Å². The van der Waals surface area contributed by atoms with E-state index >= 15 is 0 Å². The average molecular weight is 483 g/mol. The van der Waals surface area contributed by atoms with Gasteiger partial charge >= 0.3 is 0 Å². The first-order chi connectivity index (χ1) is 16.2. The van der Waals surface area contributed by atoms with Crippen molar-refractivity contribution < 1.29 is 18.7 Å². The molecule has 1 aliphatic rings. The largest absolute Gasteiger partial charge is 0.497 e. The molecule has 4 aromatic rings. The second-order valence-electron chi connectivity index (χ2n) is 7.58. The predicted octanol–water partition coefficient (Wildman–Crippen LogP) is 4.88. The molecule has 1 N–H and O–H groups in total. The van der Waals surface area contributed by atoms with Crippen molar-refractivity contribution in [3.63, 3.8) is 0 Å². The summed E-state index contributed by atoms with van der Waals surface area (Å²) in [5, 5.41) is 11.7. The maximum absolute atomic E-state index is 12.3. The topological polar surface area (TPSA) is 99.4 Å². The number of hydrogen-bond acceptors (Lipinski definition) is 9. The maximum Gasteiger partial charge on any atom is 0.277 e. The molecule has 0 saturated carbocycles. The number of nitrogens with zero attached hydrogens (tertiary/aromatic N) is 3. The summed E-state index contributed by atoms with van der Waals surface area (Å²) in [7, 11) is 1.62. The summed E-state index contributed by atoms with van der Waals surface area (Å²) < 4.78 is 17.6. The second kappa shape index (κ2) is 9.80. The molecule has 0 radical (unpaired) electrons. The van der Waals surface area contributed by atoms with Gasteiger partial charge in [0.1, 0.15) is 11.5 Å². The smallest absolute Gasteiger partial charge is 0.277 e. The highest BCUT2D eigenvalue weighted by Crippen LogP contribution is 2.29. The molecule has 1 amide bonds. The molecule has 1 aliphatic carbocycles. The molecule has 170 valence electrons. The zero-order valence-electron chi connectivity index (χ0n) is 18.0. The molecule has 2 aromatic heterocycles. The standard InChI is InChI=1S/C23H22N4O4S2/c1-29-16-8-9-18-19(11-16)33-22(24-18)25-20(28)13-32-23-27-26-21(31-23)12-30-17-7-6-14-4-2-3-5-15(14)10-17/h6-11H,2-5,12-13H2,1H3,(H,24,25,28). The van der Waals surface area contributed by atoms with Crippen LogP contribution in [0.25, 0.3) is 10.2 Å². The molecule has 33 heavy (non-hydrogen) atoms. The second-order valence-corrected chi connectivity index (χ2v) is 9.53. The van der Waals surface area contributed by atoms with Gasteiger partial charge in [-0.25, -0.2) is 4.98 Å². The lowest BCUT2D eigenvalue weighted by Gasteiger charge is -2.16. The van der Waals surface area contributed by atoms with Gasteiger partial charge in [-0.05, 0) is 67.1 Å². The molecular weight excluding hydrogens is 460 g/mol. The van der Waals surface area contributed by atoms with Crippen molar-refractivity contribution in [2.75, 3.05) is 18.2 Å². The van der Waals surface area contributed by atoms with E-state index in [1.807, 2.05) is 24.3 Å². The molecular formula is C23H22N4O4S2. The number of ether oxygens (including phenoxy) is 2. The van der Waals surface area contributed by atoms with Crippen LogP contribution in [0.5, 0.6) is 11.5 Å². The van der Waals surface area contributed by atoms with Gasteiger partial charge in [-0.1, -0.05) is 29.2 Å². The number of rotatable bonds is 8. The van der Waals surface area contributed by atoms with Crippen LogP contribution in [0.4, 0.5) is 5.13 Å². The molecule has 0 bridgehead atoms. The van der Waals surface area contributed by atoms with E-state index in [-0.39, 0.29) is 18.3 Å². The molecule has 0 aliphatic heterocycles. The number of aromatic nitrogens is 3. The zero-order valence-corrected chi connectivity index (χ0v) is 19.6. The normalized spacial score (nSPS) is 13.0. The summed E-state index contributed by atoms with van der Waals surface area (Å²) in [4.78, 5) is 16.7. The van der Waals surface area contributed by atoms with E-state index in [1.165, 1.54) is 47.1 Å². The maximum atomic E-state index is 12.3. The van der Waals surface area contributed by atoms with Gasteiger partial charge in [0.05, 0.1) is 23.1 Å². The van der Waals surface area contributed by atoms with Crippen molar-refractivity contribution in [2.45, 2.75) is 37.5 Å². The van der Waals surface area contributed by atoms with Crippen LogP contribution >= 0.6 is 23.1 Å². The van der Waals surface area contributed by atoms with Crippen molar-refractivity contribution in [3.05, 3.63) is 53.4 Å². The first-order valence-electron chi connectivity index (χ1n) is 10.6. The van der Waals surface area contributed by atoms with Crippen molar-refractivity contribution in [1.82, 2.24) is 15.2 Å². The average Bonchev–Trinajstić information content (AvgIpc) is 3.46.